The van der Waals surface area contributed by atoms with Crippen LogP contribution in [0, 0.1) is 6.07 Å². The van der Waals surface area contributed by atoms with Crippen molar-refractivity contribution < 1.29 is 0 Å². The fourth-order valence-electron chi connectivity index (χ4n) is 3.95. The van der Waals surface area contributed by atoms with Gasteiger partial charge in [0.1, 0.15) is 5.82 Å². The summed E-state index contributed by atoms with van der Waals surface area (Å²) in [6.45, 7) is 3.63. The summed E-state index contributed by atoms with van der Waals surface area (Å²) < 4.78 is 0. The van der Waals surface area contributed by atoms with Gasteiger partial charge < -0.3 is 9.80 Å². The zero-order chi connectivity index (χ0) is 19.5. The molecule has 29 heavy (non-hydrogen) atoms. The molecule has 0 saturated carbocycles. The van der Waals surface area contributed by atoms with Gasteiger partial charge in [0.25, 0.3) is 0 Å². The normalized spacial score (nSPS) is 14.3. The molecule has 1 aliphatic rings. The molecule has 1 aliphatic heterocycles. The summed E-state index contributed by atoms with van der Waals surface area (Å²) in [6, 6.07) is 25.9. The van der Waals surface area contributed by atoms with Crippen molar-refractivity contribution in [2.75, 3.05) is 36.0 Å². The number of piperazine rings is 1. The molecule has 0 atom stereocenters. The molecule has 0 spiro atoms. The van der Waals surface area contributed by atoms with Gasteiger partial charge in [0.15, 0.2) is 5.82 Å². The van der Waals surface area contributed by atoms with Gasteiger partial charge in [-0.2, -0.15) is 5.10 Å². The predicted octanol–water partition coefficient (Wildman–Crippen LogP) is 3.74. The fourth-order valence-corrected chi connectivity index (χ4v) is 3.95. The smallest absolute Gasteiger partial charge is 0.159 e. The van der Waals surface area contributed by atoms with Crippen LogP contribution in [0.4, 0.5) is 11.6 Å². The van der Waals surface area contributed by atoms with Crippen LogP contribution in [0.2, 0.25) is 0 Å². The van der Waals surface area contributed by atoms with E-state index in [0.29, 0.717) is 0 Å². The average Bonchev–Trinajstić information content (AvgIpc) is 2.81. The largest absolute Gasteiger partial charge is 0.353 e. The molecule has 0 amide bonds. The third-order valence-electron chi connectivity index (χ3n) is 5.46. The van der Waals surface area contributed by atoms with Crippen LogP contribution in [-0.2, 0) is 6.42 Å². The zero-order valence-corrected chi connectivity index (χ0v) is 16.2. The van der Waals surface area contributed by atoms with E-state index in [-0.39, 0.29) is 0 Å². The molecule has 2 aromatic carbocycles. The Kier molecular flexibility index (Phi) is 4.78. The van der Waals surface area contributed by atoms with Crippen LogP contribution >= 0.6 is 0 Å². The van der Waals surface area contributed by atoms with Crippen LogP contribution in [0.15, 0.2) is 72.9 Å². The number of pyridine rings is 1. The van der Waals surface area contributed by atoms with Crippen LogP contribution in [-0.4, -0.2) is 41.4 Å². The highest BCUT2D eigenvalue weighted by atomic mass is 15.3. The minimum Gasteiger partial charge on any atom is -0.353 e. The molecule has 5 heteroatoms. The first-order chi connectivity index (χ1) is 14.4. The number of anilines is 2. The Balaban J connectivity index is 1.41. The van der Waals surface area contributed by atoms with Crippen LogP contribution in [0.3, 0.4) is 0 Å². The van der Waals surface area contributed by atoms with Gasteiger partial charge in [-0.3, -0.25) is 0 Å². The van der Waals surface area contributed by atoms with E-state index < -0.39 is 0 Å². The topological polar surface area (TPSA) is 45.2 Å². The maximum absolute atomic E-state index is 4.66. The van der Waals surface area contributed by atoms with E-state index in [1.165, 1.54) is 16.3 Å². The number of nitrogens with zero attached hydrogens (tertiary/aromatic N) is 5. The standard InChI is InChI=1S/C24H22N5/c1-2-8-19(9-3-1)18-22-20-10-4-5-11-21(20)24(27-26-22)29-16-14-28(15-17-29)23-12-6-7-13-25-23/h1-6,8-13H,14-18H2. The Bertz CT molecular complexity index is 1090. The van der Waals surface area contributed by atoms with E-state index in [2.05, 4.69) is 79.6 Å². The lowest BCUT2D eigenvalue weighted by molar-refractivity contribution is 0.639. The Morgan fingerprint density at radius 3 is 2.24 bits per heavy atom. The lowest BCUT2D eigenvalue weighted by Crippen LogP contribution is -2.47. The highest BCUT2D eigenvalue weighted by Gasteiger charge is 2.21. The molecule has 1 radical (unpaired) electrons. The SMILES string of the molecule is [c]1ccc(N2CCN(c3nnc(Cc4ccccc4)c4ccccc34)CC2)nc1. The molecule has 0 aliphatic carbocycles. The average molecular weight is 380 g/mol. The molecular weight excluding hydrogens is 358 g/mol. The predicted molar refractivity (Wildman–Crippen MR) is 116 cm³/mol. The number of fused-ring (bicyclic) bond motifs is 1. The molecule has 1 saturated heterocycles. The number of rotatable bonds is 4. The van der Waals surface area contributed by atoms with Crippen molar-refractivity contribution in [3.05, 3.63) is 90.3 Å². The summed E-state index contributed by atoms with van der Waals surface area (Å²) in [4.78, 5) is 9.08. The van der Waals surface area contributed by atoms with Crippen molar-refractivity contribution in [2.45, 2.75) is 6.42 Å². The molecule has 5 rings (SSSR count). The quantitative estimate of drug-likeness (QED) is 0.540. The summed E-state index contributed by atoms with van der Waals surface area (Å²) >= 11 is 0. The summed E-state index contributed by atoms with van der Waals surface area (Å²) in [5, 5.41) is 11.7. The monoisotopic (exact) mass is 380 g/mol. The van der Waals surface area contributed by atoms with Crippen molar-refractivity contribution in [2.24, 2.45) is 0 Å². The van der Waals surface area contributed by atoms with Gasteiger partial charge in [-0.05, 0) is 17.7 Å². The van der Waals surface area contributed by atoms with E-state index in [9.17, 15) is 0 Å². The number of hydrogen-bond acceptors (Lipinski definition) is 5. The first-order valence-corrected chi connectivity index (χ1v) is 9.99. The molecule has 0 N–H and O–H groups in total. The summed E-state index contributed by atoms with van der Waals surface area (Å²) in [6.07, 6.45) is 2.52. The second kappa shape index (κ2) is 7.87. The van der Waals surface area contributed by atoms with Crippen LogP contribution < -0.4 is 9.80 Å². The first-order valence-electron chi connectivity index (χ1n) is 9.99. The van der Waals surface area contributed by atoms with Crippen molar-refractivity contribution in [1.82, 2.24) is 15.2 Å². The lowest BCUT2D eigenvalue weighted by Gasteiger charge is -2.36. The molecule has 1 fully saturated rings. The summed E-state index contributed by atoms with van der Waals surface area (Å²) in [7, 11) is 0. The molecule has 5 nitrogen and oxygen atoms in total. The minimum atomic E-state index is 0.791. The van der Waals surface area contributed by atoms with E-state index in [0.717, 1.165) is 49.9 Å². The first kappa shape index (κ1) is 17.6. The van der Waals surface area contributed by atoms with Crippen molar-refractivity contribution in [3.8, 4) is 0 Å². The van der Waals surface area contributed by atoms with Gasteiger partial charge in [-0.15, -0.1) is 5.10 Å². The van der Waals surface area contributed by atoms with Gasteiger partial charge in [0, 0.05) is 55.6 Å². The van der Waals surface area contributed by atoms with Crippen LogP contribution in [0.25, 0.3) is 10.8 Å². The van der Waals surface area contributed by atoms with Crippen LogP contribution in [0.5, 0.6) is 0 Å². The Labute approximate surface area is 170 Å². The number of aromatic nitrogens is 3. The molecule has 0 unspecified atom stereocenters. The molecule has 3 heterocycles. The second-order valence-electron chi connectivity index (χ2n) is 7.27. The molecular formula is C24H22N5. The van der Waals surface area contributed by atoms with Crippen molar-refractivity contribution in [3.63, 3.8) is 0 Å². The van der Waals surface area contributed by atoms with E-state index in [4.69, 9.17) is 0 Å². The molecule has 4 aromatic rings. The van der Waals surface area contributed by atoms with Crippen LogP contribution in [0.1, 0.15) is 11.3 Å². The van der Waals surface area contributed by atoms with Gasteiger partial charge >= 0.3 is 0 Å². The Morgan fingerprint density at radius 1 is 0.759 bits per heavy atom. The Hall–Kier alpha value is -3.47. The second-order valence-corrected chi connectivity index (χ2v) is 7.27. The summed E-state index contributed by atoms with van der Waals surface area (Å²) in [5.41, 5.74) is 2.28. The molecule has 2 aromatic heterocycles. The van der Waals surface area contributed by atoms with Gasteiger partial charge in [0.2, 0.25) is 0 Å². The third-order valence-corrected chi connectivity index (χ3v) is 5.46. The molecule has 0 bridgehead atoms. The number of benzene rings is 2. The van der Waals surface area contributed by atoms with E-state index in [1.54, 1.807) is 6.20 Å². The maximum atomic E-state index is 4.66. The van der Waals surface area contributed by atoms with Gasteiger partial charge in [-0.1, -0.05) is 54.6 Å². The van der Waals surface area contributed by atoms with Gasteiger partial charge in [-0.25, -0.2) is 4.98 Å². The summed E-state index contributed by atoms with van der Waals surface area (Å²) in [5.74, 6) is 1.99. The fraction of sp³-hybridized carbons (Fsp3) is 0.208. The van der Waals surface area contributed by atoms with E-state index >= 15 is 0 Å². The lowest BCUT2D eigenvalue weighted by atomic mass is 10.0. The zero-order valence-electron chi connectivity index (χ0n) is 16.2. The van der Waals surface area contributed by atoms with E-state index in [1.807, 2.05) is 18.2 Å². The highest BCUT2D eigenvalue weighted by molar-refractivity contribution is 5.93. The third kappa shape index (κ3) is 3.63. The maximum Gasteiger partial charge on any atom is 0.159 e. The van der Waals surface area contributed by atoms with Crippen molar-refractivity contribution in [1.29, 1.82) is 0 Å². The molecule has 143 valence electrons. The number of hydrogen-bond donors (Lipinski definition) is 0. The van der Waals surface area contributed by atoms with Crippen molar-refractivity contribution >= 4 is 22.4 Å². The minimum absolute atomic E-state index is 0.791. The van der Waals surface area contributed by atoms with Gasteiger partial charge in [0.05, 0.1) is 5.69 Å². The highest BCUT2D eigenvalue weighted by Crippen LogP contribution is 2.28. The Morgan fingerprint density at radius 2 is 1.48 bits per heavy atom.